The van der Waals surface area contributed by atoms with Crippen LogP contribution >= 0.6 is 11.3 Å². The average molecular weight is 315 g/mol. The minimum Gasteiger partial charge on any atom is -0.496 e. The predicted octanol–water partition coefficient (Wildman–Crippen LogP) is 3.09. The summed E-state index contributed by atoms with van der Waals surface area (Å²) in [5.41, 5.74) is 1.44. The van der Waals surface area contributed by atoms with Crippen LogP contribution in [-0.2, 0) is 0 Å². The zero-order valence-corrected chi connectivity index (χ0v) is 13.8. The van der Waals surface area contributed by atoms with Crippen molar-refractivity contribution in [1.29, 1.82) is 0 Å². The molecule has 5 nitrogen and oxygen atoms in total. The molecule has 0 aliphatic rings. The van der Waals surface area contributed by atoms with E-state index in [1.165, 1.54) is 0 Å². The molecule has 0 aliphatic carbocycles. The monoisotopic (exact) mass is 315 g/mol. The first kappa shape index (κ1) is 14.7. The van der Waals surface area contributed by atoms with Crippen molar-refractivity contribution in [2.45, 2.75) is 26.8 Å². The summed E-state index contributed by atoms with van der Waals surface area (Å²) >= 11 is 1.64. The third-order valence-electron chi connectivity index (χ3n) is 3.75. The van der Waals surface area contributed by atoms with Gasteiger partial charge in [0.05, 0.1) is 35.7 Å². The number of benzene rings is 1. The first-order valence-electron chi connectivity index (χ1n) is 7.00. The molecule has 0 saturated heterocycles. The maximum Gasteiger partial charge on any atom is 0.265 e. The summed E-state index contributed by atoms with van der Waals surface area (Å²) < 4.78 is 6.93. The lowest BCUT2D eigenvalue weighted by atomic mass is 10.2. The van der Waals surface area contributed by atoms with Crippen LogP contribution in [0.1, 0.15) is 28.5 Å². The van der Waals surface area contributed by atoms with Gasteiger partial charge in [-0.1, -0.05) is 6.07 Å². The quantitative estimate of drug-likeness (QED) is 0.745. The first-order chi connectivity index (χ1) is 10.5. The minimum absolute atomic E-state index is 0.111. The van der Waals surface area contributed by atoms with Crippen LogP contribution in [0.2, 0.25) is 0 Å². The second kappa shape index (κ2) is 5.53. The standard InChI is InChI=1S/C16H17N3O2S/c1-9(15-10(2)22-11(3)18-15)19-8-17-12-6-5-7-13(21-4)14(12)16(19)20/h5-9H,1-4H3/t9-/m1/s1. The lowest BCUT2D eigenvalue weighted by Gasteiger charge is -2.15. The van der Waals surface area contributed by atoms with Gasteiger partial charge in [0.25, 0.3) is 5.56 Å². The highest BCUT2D eigenvalue weighted by atomic mass is 32.1. The van der Waals surface area contributed by atoms with E-state index in [-0.39, 0.29) is 11.6 Å². The van der Waals surface area contributed by atoms with E-state index in [2.05, 4.69) is 9.97 Å². The van der Waals surface area contributed by atoms with Gasteiger partial charge < -0.3 is 4.74 Å². The molecule has 0 fully saturated rings. The normalized spacial score (nSPS) is 12.5. The van der Waals surface area contributed by atoms with Crippen molar-refractivity contribution in [1.82, 2.24) is 14.5 Å². The zero-order valence-electron chi connectivity index (χ0n) is 13.0. The SMILES string of the molecule is COc1cccc2ncn([C@H](C)c3nc(C)sc3C)c(=O)c12. The Labute approximate surface area is 132 Å². The second-order valence-corrected chi connectivity index (χ2v) is 6.57. The lowest BCUT2D eigenvalue weighted by molar-refractivity contribution is 0.419. The number of hydrogen-bond donors (Lipinski definition) is 0. The molecule has 2 aromatic heterocycles. The van der Waals surface area contributed by atoms with Gasteiger partial charge in [0.2, 0.25) is 0 Å². The minimum atomic E-state index is -0.167. The van der Waals surface area contributed by atoms with Crippen molar-refractivity contribution >= 4 is 22.2 Å². The van der Waals surface area contributed by atoms with Gasteiger partial charge in [0, 0.05) is 4.88 Å². The van der Waals surface area contributed by atoms with Crippen molar-refractivity contribution in [2.75, 3.05) is 7.11 Å². The molecule has 1 atom stereocenters. The van der Waals surface area contributed by atoms with Gasteiger partial charge in [0.1, 0.15) is 11.1 Å². The van der Waals surface area contributed by atoms with E-state index in [0.717, 1.165) is 15.6 Å². The molecule has 0 N–H and O–H groups in total. The molecule has 0 unspecified atom stereocenters. The molecule has 0 saturated carbocycles. The first-order valence-corrected chi connectivity index (χ1v) is 7.82. The van der Waals surface area contributed by atoms with Crippen molar-refractivity contribution in [3.63, 3.8) is 0 Å². The van der Waals surface area contributed by atoms with Crippen LogP contribution in [-0.4, -0.2) is 21.6 Å². The summed E-state index contributed by atoms with van der Waals surface area (Å²) in [7, 11) is 1.56. The van der Waals surface area contributed by atoms with Crippen molar-refractivity contribution < 1.29 is 4.74 Å². The molecule has 0 bridgehead atoms. The van der Waals surface area contributed by atoms with Gasteiger partial charge in [-0.2, -0.15) is 0 Å². The number of ether oxygens (including phenoxy) is 1. The Hall–Kier alpha value is -2.21. The van der Waals surface area contributed by atoms with E-state index < -0.39 is 0 Å². The Balaban J connectivity index is 2.22. The summed E-state index contributed by atoms with van der Waals surface area (Å²) in [5.74, 6) is 0.544. The summed E-state index contributed by atoms with van der Waals surface area (Å²) in [6, 6.07) is 5.25. The average Bonchev–Trinajstić information content (AvgIpc) is 2.85. The maximum atomic E-state index is 12.9. The van der Waals surface area contributed by atoms with Gasteiger partial charge in [0.15, 0.2) is 0 Å². The van der Waals surface area contributed by atoms with Gasteiger partial charge in [-0.05, 0) is 32.9 Å². The number of aryl methyl sites for hydroxylation is 2. The molecule has 3 rings (SSSR count). The molecule has 0 radical (unpaired) electrons. The fourth-order valence-corrected chi connectivity index (χ4v) is 3.57. The number of rotatable bonds is 3. The fraction of sp³-hybridized carbons (Fsp3) is 0.312. The highest BCUT2D eigenvalue weighted by Crippen LogP contribution is 2.26. The number of nitrogens with zero attached hydrogens (tertiary/aromatic N) is 3. The molecular weight excluding hydrogens is 298 g/mol. The molecule has 2 heterocycles. The van der Waals surface area contributed by atoms with Gasteiger partial charge in [-0.3, -0.25) is 9.36 Å². The van der Waals surface area contributed by atoms with Gasteiger partial charge in [-0.25, -0.2) is 9.97 Å². The molecule has 0 aliphatic heterocycles. The molecule has 22 heavy (non-hydrogen) atoms. The van der Waals surface area contributed by atoms with Crippen LogP contribution in [0, 0.1) is 13.8 Å². The zero-order chi connectivity index (χ0) is 15.9. The maximum absolute atomic E-state index is 12.9. The largest absolute Gasteiger partial charge is 0.496 e. The van der Waals surface area contributed by atoms with Crippen molar-refractivity contribution in [3.05, 3.63) is 50.5 Å². The van der Waals surface area contributed by atoms with Crippen LogP contribution in [0.15, 0.2) is 29.3 Å². The van der Waals surface area contributed by atoms with Gasteiger partial charge >= 0.3 is 0 Å². The van der Waals surface area contributed by atoms with E-state index in [0.29, 0.717) is 16.7 Å². The Kier molecular flexibility index (Phi) is 3.70. The smallest absolute Gasteiger partial charge is 0.265 e. The third kappa shape index (κ3) is 2.29. The van der Waals surface area contributed by atoms with Crippen LogP contribution in [0.4, 0.5) is 0 Å². The number of methoxy groups -OCH3 is 1. The molecule has 1 aromatic carbocycles. The fourth-order valence-electron chi connectivity index (χ4n) is 2.66. The van der Waals surface area contributed by atoms with Crippen LogP contribution < -0.4 is 10.3 Å². The van der Waals surface area contributed by atoms with Crippen LogP contribution in [0.25, 0.3) is 10.9 Å². The summed E-state index contributed by atoms with van der Waals surface area (Å²) in [6.45, 7) is 5.96. The van der Waals surface area contributed by atoms with E-state index in [9.17, 15) is 4.79 Å². The second-order valence-electron chi connectivity index (χ2n) is 5.16. The van der Waals surface area contributed by atoms with Crippen molar-refractivity contribution in [2.24, 2.45) is 0 Å². The molecule has 0 amide bonds. The van der Waals surface area contributed by atoms with Crippen LogP contribution in [0.5, 0.6) is 5.75 Å². The Morgan fingerprint density at radius 2 is 2.09 bits per heavy atom. The summed E-state index contributed by atoms with van der Waals surface area (Å²) in [4.78, 5) is 22.9. The lowest BCUT2D eigenvalue weighted by Crippen LogP contribution is -2.25. The topological polar surface area (TPSA) is 57.0 Å². The van der Waals surface area contributed by atoms with E-state index in [1.807, 2.05) is 32.9 Å². The number of aromatic nitrogens is 3. The van der Waals surface area contributed by atoms with Crippen molar-refractivity contribution in [3.8, 4) is 5.75 Å². The van der Waals surface area contributed by atoms with E-state index >= 15 is 0 Å². The van der Waals surface area contributed by atoms with Gasteiger partial charge in [-0.15, -0.1) is 11.3 Å². The highest BCUT2D eigenvalue weighted by molar-refractivity contribution is 7.11. The molecule has 0 spiro atoms. The highest BCUT2D eigenvalue weighted by Gasteiger charge is 2.18. The molecule has 114 valence electrons. The summed E-state index contributed by atoms with van der Waals surface area (Å²) in [5, 5.41) is 1.50. The number of thiazole rings is 1. The van der Waals surface area contributed by atoms with E-state index in [1.54, 1.807) is 35.4 Å². The predicted molar refractivity (Wildman–Crippen MR) is 88.0 cm³/mol. The van der Waals surface area contributed by atoms with Crippen LogP contribution in [0.3, 0.4) is 0 Å². The third-order valence-corrected chi connectivity index (χ3v) is 4.65. The molecule has 3 aromatic rings. The Morgan fingerprint density at radius 3 is 2.73 bits per heavy atom. The Bertz CT molecular complexity index is 898. The number of fused-ring (bicyclic) bond motifs is 1. The summed E-state index contributed by atoms with van der Waals surface area (Å²) in [6.07, 6.45) is 1.59. The molecule has 6 heteroatoms. The Morgan fingerprint density at radius 1 is 1.32 bits per heavy atom. The number of hydrogen-bond acceptors (Lipinski definition) is 5. The van der Waals surface area contributed by atoms with E-state index in [4.69, 9.17) is 4.74 Å². The molecular formula is C16H17N3O2S.